The summed E-state index contributed by atoms with van der Waals surface area (Å²) in [7, 11) is 0. The number of rotatable bonds is 3. The van der Waals surface area contributed by atoms with Crippen LogP contribution in [0.25, 0.3) is 86.3 Å². The van der Waals surface area contributed by atoms with Gasteiger partial charge in [-0.25, -0.2) is 0 Å². The van der Waals surface area contributed by atoms with Crippen LogP contribution in [0.5, 0.6) is 0 Å². The standard InChI is InChI=1S/C45H23N5S/c46-24-27-21-36(37(26-48)42(22-27)49-38-13-5-1-9-30(38)31-10-2-6-14-39(31)49)28-17-18-29(25-47)41(23-28)50-40-15-7-3-11-32(40)34-19-20-35-33-12-4-8-16-43(33)51-45(35)44(34)50/h1-23H. The number of nitriles is 3. The Bertz CT molecular complexity index is 3190. The van der Waals surface area contributed by atoms with Crippen LogP contribution in [0.3, 0.4) is 0 Å². The normalized spacial score (nSPS) is 11.5. The van der Waals surface area contributed by atoms with E-state index in [0.717, 1.165) is 59.6 Å². The molecular weight excluding hydrogens is 643 g/mol. The van der Waals surface area contributed by atoms with Gasteiger partial charge in [0.25, 0.3) is 0 Å². The Labute approximate surface area is 295 Å². The summed E-state index contributed by atoms with van der Waals surface area (Å²) in [6, 6.07) is 54.1. The molecule has 5 nitrogen and oxygen atoms in total. The fraction of sp³-hybridized carbons (Fsp3) is 0. The number of nitrogens with zero attached hydrogens (tertiary/aromatic N) is 5. The lowest BCUT2D eigenvalue weighted by molar-refractivity contribution is 1.16. The van der Waals surface area contributed by atoms with Crippen LogP contribution in [0.15, 0.2) is 140 Å². The third-order valence-corrected chi connectivity index (χ3v) is 11.2. The van der Waals surface area contributed by atoms with E-state index < -0.39 is 0 Å². The number of benzene rings is 7. The molecule has 7 aromatic carbocycles. The molecule has 0 atom stereocenters. The highest BCUT2D eigenvalue weighted by Gasteiger charge is 2.22. The molecule has 3 aromatic heterocycles. The first kappa shape index (κ1) is 28.8. The van der Waals surface area contributed by atoms with Gasteiger partial charge in [-0.05, 0) is 54.1 Å². The third kappa shape index (κ3) is 4.05. The summed E-state index contributed by atoms with van der Waals surface area (Å²) in [5.74, 6) is 0. The van der Waals surface area contributed by atoms with Gasteiger partial charge in [-0.15, -0.1) is 11.3 Å². The number of para-hydroxylation sites is 3. The first-order chi connectivity index (χ1) is 25.2. The Morgan fingerprint density at radius 1 is 0.471 bits per heavy atom. The van der Waals surface area contributed by atoms with Crippen LogP contribution in [0.2, 0.25) is 0 Å². The zero-order valence-electron chi connectivity index (χ0n) is 26.9. The van der Waals surface area contributed by atoms with E-state index in [1.807, 2.05) is 66.7 Å². The Balaban J connectivity index is 1.30. The molecule has 3 heterocycles. The molecule has 0 saturated carbocycles. The quantitative estimate of drug-likeness (QED) is 0.188. The van der Waals surface area contributed by atoms with Gasteiger partial charge in [0, 0.05) is 42.6 Å². The van der Waals surface area contributed by atoms with E-state index in [2.05, 4.69) is 88.0 Å². The molecule has 0 amide bonds. The lowest BCUT2D eigenvalue weighted by Crippen LogP contribution is -2.02. The van der Waals surface area contributed by atoms with Crippen LogP contribution < -0.4 is 0 Å². The van der Waals surface area contributed by atoms with Crippen LogP contribution in [0, 0.1) is 34.0 Å². The molecule has 0 fully saturated rings. The van der Waals surface area contributed by atoms with E-state index in [1.165, 1.54) is 15.5 Å². The number of hydrogen-bond acceptors (Lipinski definition) is 4. The van der Waals surface area contributed by atoms with Gasteiger partial charge in [0.15, 0.2) is 0 Å². The van der Waals surface area contributed by atoms with Crippen molar-refractivity contribution < 1.29 is 0 Å². The van der Waals surface area contributed by atoms with E-state index >= 15 is 0 Å². The second-order valence-electron chi connectivity index (χ2n) is 12.6. The van der Waals surface area contributed by atoms with E-state index in [9.17, 15) is 15.8 Å². The smallest absolute Gasteiger partial charge is 0.102 e. The number of thiophene rings is 1. The minimum absolute atomic E-state index is 0.440. The monoisotopic (exact) mass is 665 g/mol. The van der Waals surface area contributed by atoms with E-state index in [4.69, 9.17) is 0 Å². The fourth-order valence-corrected chi connectivity index (χ4v) is 9.10. The second-order valence-corrected chi connectivity index (χ2v) is 13.7. The van der Waals surface area contributed by atoms with Crippen molar-refractivity contribution in [2.24, 2.45) is 0 Å². The maximum atomic E-state index is 10.9. The van der Waals surface area contributed by atoms with Crippen molar-refractivity contribution in [3.8, 4) is 40.7 Å². The predicted molar refractivity (Wildman–Crippen MR) is 208 cm³/mol. The molecule has 0 saturated heterocycles. The third-order valence-electron chi connectivity index (χ3n) is 10.0. The summed E-state index contributed by atoms with van der Waals surface area (Å²) in [6.07, 6.45) is 0. The molecule has 0 aliphatic carbocycles. The van der Waals surface area contributed by atoms with Crippen molar-refractivity contribution >= 4 is 75.1 Å². The van der Waals surface area contributed by atoms with Gasteiger partial charge in [-0.2, -0.15) is 15.8 Å². The molecule has 234 valence electrons. The Morgan fingerprint density at radius 2 is 1.08 bits per heavy atom. The van der Waals surface area contributed by atoms with Gasteiger partial charge < -0.3 is 9.13 Å². The maximum Gasteiger partial charge on any atom is 0.102 e. The molecule has 51 heavy (non-hydrogen) atoms. The number of aromatic nitrogens is 2. The minimum atomic E-state index is 0.440. The summed E-state index contributed by atoms with van der Waals surface area (Å²) in [5, 5.41) is 38.5. The average Bonchev–Trinajstić information content (AvgIpc) is 3.85. The van der Waals surface area contributed by atoms with Gasteiger partial charge in [0.05, 0.1) is 60.9 Å². The molecule has 6 heteroatoms. The number of hydrogen-bond donors (Lipinski definition) is 0. The molecule has 0 bridgehead atoms. The minimum Gasteiger partial charge on any atom is -0.308 e. The highest BCUT2D eigenvalue weighted by Crippen LogP contribution is 2.44. The molecular formula is C45H23N5S. The summed E-state index contributed by atoms with van der Waals surface area (Å²) in [5.41, 5.74) is 8.07. The molecule has 0 N–H and O–H groups in total. The van der Waals surface area contributed by atoms with Crippen molar-refractivity contribution in [1.29, 1.82) is 15.8 Å². The Hall–Kier alpha value is -7.17. The zero-order chi connectivity index (χ0) is 34.2. The molecule has 0 aliphatic heterocycles. The average molecular weight is 666 g/mol. The van der Waals surface area contributed by atoms with Gasteiger partial charge in [-0.3, -0.25) is 0 Å². The molecule has 0 spiro atoms. The second kappa shape index (κ2) is 10.9. The maximum absolute atomic E-state index is 10.9. The van der Waals surface area contributed by atoms with Gasteiger partial charge in [-0.1, -0.05) is 91.0 Å². The predicted octanol–water partition coefficient (Wildman–Crippen LogP) is 11.5. The SMILES string of the molecule is N#Cc1cc(-c2ccc(C#N)c(-n3c4ccccc4c4ccc5c6ccccc6sc5c43)c2)c(C#N)c(-n2c3ccccc3c3ccccc32)c1. The van der Waals surface area contributed by atoms with Crippen molar-refractivity contribution in [2.75, 3.05) is 0 Å². The van der Waals surface area contributed by atoms with Gasteiger partial charge in [0.1, 0.15) is 12.1 Å². The van der Waals surface area contributed by atoms with Crippen molar-refractivity contribution in [1.82, 2.24) is 9.13 Å². The summed E-state index contributed by atoms with van der Waals surface area (Å²) in [4.78, 5) is 0. The van der Waals surface area contributed by atoms with E-state index in [-0.39, 0.29) is 0 Å². The zero-order valence-corrected chi connectivity index (χ0v) is 27.7. The summed E-state index contributed by atoms with van der Waals surface area (Å²) in [6.45, 7) is 0. The van der Waals surface area contributed by atoms with Crippen LogP contribution >= 0.6 is 11.3 Å². The molecule has 0 radical (unpaired) electrons. The lowest BCUT2D eigenvalue weighted by atomic mass is 9.94. The molecule has 0 aliphatic rings. The first-order valence-corrected chi connectivity index (χ1v) is 17.4. The van der Waals surface area contributed by atoms with Crippen molar-refractivity contribution in [3.05, 3.63) is 156 Å². The van der Waals surface area contributed by atoms with Crippen molar-refractivity contribution in [2.45, 2.75) is 0 Å². The Morgan fingerprint density at radius 3 is 1.75 bits per heavy atom. The van der Waals surface area contributed by atoms with E-state index in [0.29, 0.717) is 27.9 Å². The lowest BCUT2D eigenvalue weighted by Gasteiger charge is -2.16. The van der Waals surface area contributed by atoms with Crippen LogP contribution in [-0.2, 0) is 0 Å². The summed E-state index contributed by atoms with van der Waals surface area (Å²) < 4.78 is 6.65. The molecule has 0 unspecified atom stereocenters. The van der Waals surface area contributed by atoms with Crippen molar-refractivity contribution in [3.63, 3.8) is 0 Å². The van der Waals surface area contributed by atoms with Gasteiger partial charge >= 0.3 is 0 Å². The summed E-state index contributed by atoms with van der Waals surface area (Å²) >= 11 is 1.76. The highest BCUT2D eigenvalue weighted by atomic mass is 32.1. The van der Waals surface area contributed by atoms with Crippen LogP contribution in [-0.4, -0.2) is 9.13 Å². The van der Waals surface area contributed by atoms with Gasteiger partial charge in [0.2, 0.25) is 0 Å². The topological polar surface area (TPSA) is 81.2 Å². The fourth-order valence-electron chi connectivity index (χ4n) is 7.85. The van der Waals surface area contributed by atoms with E-state index in [1.54, 1.807) is 23.5 Å². The Kier molecular flexibility index (Phi) is 6.17. The molecule has 10 rings (SSSR count). The van der Waals surface area contributed by atoms with Crippen LogP contribution in [0.1, 0.15) is 16.7 Å². The first-order valence-electron chi connectivity index (χ1n) is 16.5. The highest BCUT2D eigenvalue weighted by molar-refractivity contribution is 7.26. The largest absolute Gasteiger partial charge is 0.308 e. The number of fused-ring (bicyclic) bond motifs is 10. The van der Waals surface area contributed by atoms with Crippen LogP contribution in [0.4, 0.5) is 0 Å². The molecule has 10 aromatic rings.